The summed E-state index contributed by atoms with van der Waals surface area (Å²) in [5, 5.41) is 3.03. The normalized spacial score (nSPS) is 11.7. The SMILES string of the molecule is CNCc1nc(C(=O)OC)cn1COCC[Si](C)(C)C. The minimum atomic E-state index is -1.08. The van der Waals surface area contributed by atoms with Gasteiger partial charge < -0.3 is 19.4 Å². The summed E-state index contributed by atoms with van der Waals surface area (Å²) in [6.07, 6.45) is 1.67. The van der Waals surface area contributed by atoms with E-state index >= 15 is 0 Å². The van der Waals surface area contributed by atoms with E-state index in [1.54, 1.807) is 6.20 Å². The van der Waals surface area contributed by atoms with Crippen LogP contribution in [0.2, 0.25) is 25.7 Å². The topological polar surface area (TPSA) is 65.4 Å². The third-order valence-corrected chi connectivity index (χ3v) is 4.52. The monoisotopic (exact) mass is 299 g/mol. The quantitative estimate of drug-likeness (QED) is 0.450. The van der Waals surface area contributed by atoms with Crippen molar-refractivity contribution in [3.8, 4) is 0 Å². The second-order valence-electron chi connectivity index (χ2n) is 5.88. The molecule has 0 atom stereocenters. The van der Waals surface area contributed by atoms with Gasteiger partial charge in [-0.1, -0.05) is 19.6 Å². The van der Waals surface area contributed by atoms with Gasteiger partial charge in [0.1, 0.15) is 12.6 Å². The van der Waals surface area contributed by atoms with Crippen molar-refractivity contribution in [2.24, 2.45) is 0 Å². The van der Waals surface area contributed by atoms with Crippen LogP contribution >= 0.6 is 0 Å². The number of carbonyl (C=O) groups is 1. The number of rotatable bonds is 8. The molecule has 0 saturated carbocycles. The van der Waals surface area contributed by atoms with Gasteiger partial charge in [-0.2, -0.15) is 0 Å². The predicted molar refractivity (Wildman–Crippen MR) is 80.4 cm³/mol. The summed E-state index contributed by atoms with van der Waals surface area (Å²) in [5.74, 6) is 0.337. The zero-order chi connectivity index (χ0) is 15.2. The smallest absolute Gasteiger partial charge is 0.358 e. The van der Waals surface area contributed by atoms with E-state index in [1.807, 2.05) is 11.6 Å². The highest BCUT2D eigenvalue weighted by molar-refractivity contribution is 6.76. The van der Waals surface area contributed by atoms with E-state index in [0.29, 0.717) is 19.0 Å². The second-order valence-corrected chi connectivity index (χ2v) is 11.5. The molecule has 0 spiro atoms. The molecule has 0 radical (unpaired) electrons. The Labute approximate surface area is 121 Å². The summed E-state index contributed by atoms with van der Waals surface area (Å²) in [4.78, 5) is 15.7. The van der Waals surface area contributed by atoms with Crippen LogP contribution in [0.4, 0.5) is 0 Å². The average molecular weight is 299 g/mol. The van der Waals surface area contributed by atoms with Crippen LogP contribution in [0.5, 0.6) is 0 Å². The Morgan fingerprint density at radius 2 is 2.15 bits per heavy atom. The van der Waals surface area contributed by atoms with Crippen molar-refractivity contribution in [2.75, 3.05) is 20.8 Å². The third-order valence-electron chi connectivity index (χ3n) is 2.82. The number of hydrogen-bond donors (Lipinski definition) is 1. The first-order valence-corrected chi connectivity index (χ1v) is 10.4. The molecular formula is C13H25N3O3Si. The van der Waals surface area contributed by atoms with Crippen LogP contribution in [-0.2, 0) is 22.7 Å². The Balaban J connectivity index is 2.63. The van der Waals surface area contributed by atoms with Gasteiger partial charge in [0.2, 0.25) is 0 Å². The fraction of sp³-hybridized carbons (Fsp3) is 0.692. The predicted octanol–water partition coefficient (Wildman–Crippen LogP) is 1.70. The minimum absolute atomic E-state index is 0.312. The molecule has 0 aliphatic heterocycles. The fourth-order valence-corrected chi connectivity index (χ4v) is 2.37. The van der Waals surface area contributed by atoms with Crippen molar-refractivity contribution in [1.82, 2.24) is 14.9 Å². The van der Waals surface area contributed by atoms with Gasteiger partial charge in [-0.3, -0.25) is 0 Å². The summed E-state index contributed by atoms with van der Waals surface area (Å²) in [7, 11) is 2.11. The van der Waals surface area contributed by atoms with Gasteiger partial charge in [0.15, 0.2) is 5.69 Å². The van der Waals surface area contributed by atoms with Crippen molar-refractivity contribution in [2.45, 2.75) is 39.0 Å². The lowest BCUT2D eigenvalue weighted by atomic mass is 10.5. The Morgan fingerprint density at radius 1 is 1.45 bits per heavy atom. The van der Waals surface area contributed by atoms with E-state index in [9.17, 15) is 4.79 Å². The maximum atomic E-state index is 11.5. The molecule has 114 valence electrons. The van der Waals surface area contributed by atoms with Crippen molar-refractivity contribution in [3.05, 3.63) is 17.7 Å². The maximum absolute atomic E-state index is 11.5. The highest BCUT2D eigenvalue weighted by atomic mass is 28.3. The minimum Gasteiger partial charge on any atom is -0.464 e. The molecule has 0 amide bonds. The zero-order valence-corrected chi connectivity index (χ0v) is 14.0. The van der Waals surface area contributed by atoms with Crippen molar-refractivity contribution in [1.29, 1.82) is 0 Å². The molecule has 20 heavy (non-hydrogen) atoms. The highest BCUT2D eigenvalue weighted by Gasteiger charge is 2.15. The van der Waals surface area contributed by atoms with Crippen LogP contribution in [0.1, 0.15) is 16.3 Å². The third kappa shape index (κ3) is 5.44. The molecule has 1 aromatic heterocycles. The molecule has 1 rings (SSSR count). The Morgan fingerprint density at radius 3 is 2.70 bits per heavy atom. The highest BCUT2D eigenvalue weighted by Crippen LogP contribution is 2.09. The van der Waals surface area contributed by atoms with E-state index in [2.05, 4.69) is 34.7 Å². The van der Waals surface area contributed by atoms with Gasteiger partial charge in [-0.05, 0) is 13.1 Å². The molecule has 1 N–H and O–H groups in total. The number of esters is 1. The molecule has 0 aromatic carbocycles. The first-order chi connectivity index (χ1) is 9.37. The van der Waals surface area contributed by atoms with Crippen LogP contribution in [0.15, 0.2) is 6.20 Å². The second kappa shape index (κ2) is 7.56. The molecular weight excluding hydrogens is 274 g/mol. The largest absolute Gasteiger partial charge is 0.464 e. The number of carbonyl (C=O) groups excluding carboxylic acids is 1. The summed E-state index contributed by atoms with van der Waals surface area (Å²) in [5.41, 5.74) is 0.312. The van der Waals surface area contributed by atoms with Crippen LogP contribution < -0.4 is 5.32 Å². The van der Waals surface area contributed by atoms with E-state index < -0.39 is 14.0 Å². The van der Waals surface area contributed by atoms with Gasteiger partial charge >= 0.3 is 5.97 Å². The molecule has 0 aliphatic carbocycles. The van der Waals surface area contributed by atoms with Gasteiger partial charge in [-0.15, -0.1) is 0 Å². The lowest BCUT2D eigenvalue weighted by molar-refractivity contribution is 0.0593. The lowest BCUT2D eigenvalue weighted by Gasteiger charge is -2.16. The first-order valence-electron chi connectivity index (χ1n) is 6.74. The summed E-state index contributed by atoms with van der Waals surface area (Å²) in [6.45, 7) is 8.67. The fourth-order valence-electron chi connectivity index (χ4n) is 1.61. The van der Waals surface area contributed by atoms with Crippen LogP contribution in [-0.4, -0.2) is 44.4 Å². The number of aromatic nitrogens is 2. The number of nitrogens with zero attached hydrogens (tertiary/aromatic N) is 2. The Kier molecular flexibility index (Phi) is 6.38. The van der Waals surface area contributed by atoms with Crippen LogP contribution in [0.3, 0.4) is 0 Å². The van der Waals surface area contributed by atoms with E-state index in [0.717, 1.165) is 18.5 Å². The maximum Gasteiger partial charge on any atom is 0.358 e. The molecule has 7 heteroatoms. The van der Waals surface area contributed by atoms with Gasteiger partial charge in [0.25, 0.3) is 0 Å². The van der Waals surface area contributed by atoms with E-state index in [4.69, 9.17) is 4.74 Å². The number of nitrogens with one attached hydrogen (secondary N) is 1. The average Bonchev–Trinajstić information content (AvgIpc) is 2.76. The number of hydrogen-bond acceptors (Lipinski definition) is 5. The first kappa shape index (κ1) is 16.9. The molecule has 6 nitrogen and oxygen atoms in total. The van der Waals surface area contributed by atoms with Crippen molar-refractivity contribution < 1.29 is 14.3 Å². The number of imidazole rings is 1. The molecule has 0 bridgehead atoms. The van der Waals surface area contributed by atoms with Gasteiger partial charge in [0.05, 0.1) is 13.7 Å². The van der Waals surface area contributed by atoms with E-state index in [-0.39, 0.29) is 0 Å². The molecule has 0 saturated heterocycles. The van der Waals surface area contributed by atoms with Crippen molar-refractivity contribution in [3.63, 3.8) is 0 Å². The molecule has 0 unspecified atom stereocenters. The standard InChI is InChI=1S/C13H25N3O3Si/c1-14-8-12-15-11(13(17)18-2)9-16(12)10-19-6-7-20(3,4)5/h9,14H,6-8,10H2,1-5H3. The molecule has 0 aliphatic rings. The molecule has 0 fully saturated rings. The van der Waals surface area contributed by atoms with E-state index in [1.165, 1.54) is 7.11 Å². The van der Waals surface area contributed by atoms with Crippen molar-refractivity contribution >= 4 is 14.0 Å². The number of methoxy groups -OCH3 is 1. The summed E-state index contributed by atoms with van der Waals surface area (Å²) in [6, 6.07) is 1.12. The summed E-state index contributed by atoms with van der Waals surface area (Å²) >= 11 is 0. The van der Waals surface area contributed by atoms with Crippen LogP contribution in [0.25, 0.3) is 0 Å². The molecule has 1 aromatic rings. The molecule has 1 heterocycles. The van der Waals surface area contributed by atoms with Gasteiger partial charge in [0, 0.05) is 20.9 Å². The van der Waals surface area contributed by atoms with Gasteiger partial charge in [-0.25, -0.2) is 9.78 Å². The van der Waals surface area contributed by atoms with Crippen LogP contribution in [0, 0.1) is 0 Å². The summed E-state index contributed by atoms with van der Waals surface area (Å²) < 4.78 is 12.2. The lowest BCUT2D eigenvalue weighted by Crippen LogP contribution is -2.22. The Bertz CT molecular complexity index is 441. The zero-order valence-electron chi connectivity index (χ0n) is 13.0. The Hall–Kier alpha value is -1.18. The number of ether oxygens (including phenoxy) is 2.